The Morgan fingerprint density at radius 2 is 2.50 bits per heavy atom. The van der Waals surface area contributed by atoms with Crippen LogP contribution in [0, 0.1) is 0 Å². The van der Waals surface area contributed by atoms with Gasteiger partial charge in [-0.25, -0.2) is 4.98 Å². The standard InChI is InChI=1S/C10H16N4O2/c1-7(9(11)14-15)13-6-8-4-3-5-12-10(8)16-2/h3-5,7,13,15H,6H2,1-2H3,(H2,11,14). The molecule has 88 valence electrons. The van der Waals surface area contributed by atoms with Gasteiger partial charge in [0.25, 0.3) is 0 Å². The first kappa shape index (κ1) is 12.3. The number of pyridine rings is 1. The number of oxime groups is 1. The molecule has 0 aliphatic rings. The van der Waals surface area contributed by atoms with Crippen LogP contribution >= 0.6 is 0 Å². The fourth-order valence-corrected chi connectivity index (χ4v) is 1.20. The predicted molar refractivity (Wildman–Crippen MR) is 60.5 cm³/mol. The van der Waals surface area contributed by atoms with Gasteiger partial charge in [-0.1, -0.05) is 11.2 Å². The second-order valence-corrected chi connectivity index (χ2v) is 3.30. The number of amidine groups is 1. The summed E-state index contributed by atoms with van der Waals surface area (Å²) in [5, 5.41) is 14.5. The van der Waals surface area contributed by atoms with E-state index in [4.69, 9.17) is 15.7 Å². The van der Waals surface area contributed by atoms with Gasteiger partial charge in [0.05, 0.1) is 13.2 Å². The van der Waals surface area contributed by atoms with E-state index in [1.807, 2.05) is 12.1 Å². The molecule has 0 spiro atoms. The summed E-state index contributed by atoms with van der Waals surface area (Å²) in [6, 6.07) is 3.51. The summed E-state index contributed by atoms with van der Waals surface area (Å²) >= 11 is 0. The predicted octanol–water partition coefficient (Wildman–Crippen LogP) is 0.315. The monoisotopic (exact) mass is 224 g/mol. The van der Waals surface area contributed by atoms with Crippen LogP contribution < -0.4 is 15.8 Å². The summed E-state index contributed by atoms with van der Waals surface area (Å²) < 4.78 is 5.10. The van der Waals surface area contributed by atoms with Crippen LogP contribution in [0.25, 0.3) is 0 Å². The average molecular weight is 224 g/mol. The van der Waals surface area contributed by atoms with E-state index in [1.54, 1.807) is 20.2 Å². The highest BCUT2D eigenvalue weighted by molar-refractivity contribution is 5.84. The number of aromatic nitrogens is 1. The van der Waals surface area contributed by atoms with E-state index in [2.05, 4.69) is 15.5 Å². The van der Waals surface area contributed by atoms with E-state index in [-0.39, 0.29) is 11.9 Å². The van der Waals surface area contributed by atoms with Crippen molar-refractivity contribution in [3.05, 3.63) is 23.9 Å². The Morgan fingerprint density at radius 1 is 1.75 bits per heavy atom. The van der Waals surface area contributed by atoms with Gasteiger partial charge in [0.15, 0.2) is 5.84 Å². The molecule has 1 unspecified atom stereocenters. The third kappa shape index (κ3) is 3.09. The molecule has 0 aliphatic carbocycles. The Morgan fingerprint density at radius 3 is 3.12 bits per heavy atom. The van der Waals surface area contributed by atoms with Gasteiger partial charge in [0, 0.05) is 18.3 Å². The quantitative estimate of drug-likeness (QED) is 0.290. The van der Waals surface area contributed by atoms with Gasteiger partial charge >= 0.3 is 0 Å². The molecule has 6 nitrogen and oxygen atoms in total. The largest absolute Gasteiger partial charge is 0.481 e. The molecule has 0 saturated carbocycles. The fourth-order valence-electron chi connectivity index (χ4n) is 1.20. The van der Waals surface area contributed by atoms with Crippen molar-refractivity contribution < 1.29 is 9.94 Å². The maximum atomic E-state index is 8.49. The smallest absolute Gasteiger partial charge is 0.217 e. The van der Waals surface area contributed by atoms with Crippen molar-refractivity contribution in [3.63, 3.8) is 0 Å². The zero-order chi connectivity index (χ0) is 12.0. The molecule has 0 bridgehead atoms. The van der Waals surface area contributed by atoms with Gasteiger partial charge < -0.3 is 21.0 Å². The van der Waals surface area contributed by atoms with E-state index in [0.29, 0.717) is 12.4 Å². The Balaban J connectivity index is 2.61. The fraction of sp³-hybridized carbons (Fsp3) is 0.400. The van der Waals surface area contributed by atoms with Crippen molar-refractivity contribution in [2.24, 2.45) is 10.9 Å². The lowest BCUT2D eigenvalue weighted by atomic mass is 10.2. The average Bonchev–Trinajstić information content (AvgIpc) is 2.35. The number of methoxy groups -OCH3 is 1. The Bertz CT molecular complexity index is 368. The minimum Gasteiger partial charge on any atom is -0.481 e. The molecular formula is C10H16N4O2. The summed E-state index contributed by atoms with van der Waals surface area (Å²) in [7, 11) is 1.57. The molecule has 4 N–H and O–H groups in total. The zero-order valence-electron chi connectivity index (χ0n) is 9.34. The van der Waals surface area contributed by atoms with Crippen molar-refractivity contribution in [2.75, 3.05) is 7.11 Å². The van der Waals surface area contributed by atoms with Crippen LogP contribution in [0.2, 0.25) is 0 Å². The van der Waals surface area contributed by atoms with Crippen molar-refractivity contribution in [2.45, 2.75) is 19.5 Å². The van der Waals surface area contributed by atoms with Crippen molar-refractivity contribution >= 4 is 5.84 Å². The topological polar surface area (TPSA) is 92.8 Å². The summed E-state index contributed by atoms with van der Waals surface area (Å²) in [4.78, 5) is 4.07. The maximum absolute atomic E-state index is 8.49. The normalized spacial score (nSPS) is 13.5. The molecule has 0 aromatic carbocycles. The molecule has 0 saturated heterocycles. The molecule has 16 heavy (non-hydrogen) atoms. The molecule has 1 atom stereocenters. The minimum absolute atomic E-state index is 0.142. The number of hydrogen-bond acceptors (Lipinski definition) is 5. The Labute approximate surface area is 94.1 Å². The van der Waals surface area contributed by atoms with Crippen LogP contribution in [0.1, 0.15) is 12.5 Å². The summed E-state index contributed by atoms with van der Waals surface area (Å²) in [5.41, 5.74) is 6.36. The molecule has 1 rings (SSSR count). The number of hydrogen-bond donors (Lipinski definition) is 3. The van der Waals surface area contributed by atoms with Crippen molar-refractivity contribution in [3.8, 4) is 5.88 Å². The molecule has 0 aliphatic heterocycles. The Hall–Kier alpha value is -1.82. The van der Waals surface area contributed by atoms with E-state index in [0.717, 1.165) is 5.56 Å². The van der Waals surface area contributed by atoms with E-state index >= 15 is 0 Å². The number of nitrogens with one attached hydrogen (secondary N) is 1. The SMILES string of the molecule is COc1ncccc1CNC(C)C(N)=NO. The first-order chi connectivity index (χ1) is 7.69. The highest BCUT2D eigenvalue weighted by Crippen LogP contribution is 2.12. The second kappa shape index (κ2) is 5.92. The van der Waals surface area contributed by atoms with Crippen LogP contribution in [0.5, 0.6) is 5.88 Å². The molecule has 0 amide bonds. The summed E-state index contributed by atoms with van der Waals surface area (Å²) in [6.07, 6.45) is 1.66. The van der Waals surface area contributed by atoms with Gasteiger partial charge in [-0.3, -0.25) is 0 Å². The van der Waals surface area contributed by atoms with Gasteiger partial charge in [-0.05, 0) is 13.0 Å². The van der Waals surface area contributed by atoms with Crippen LogP contribution in [0.4, 0.5) is 0 Å². The van der Waals surface area contributed by atoms with Crippen molar-refractivity contribution in [1.82, 2.24) is 10.3 Å². The minimum atomic E-state index is -0.213. The number of nitrogens with two attached hydrogens (primary N) is 1. The third-order valence-corrected chi connectivity index (χ3v) is 2.20. The molecule has 1 aromatic rings. The van der Waals surface area contributed by atoms with Gasteiger partial charge in [-0.15, -0.1) is 0 Å². The van der Waals surface area contributed by atoms with Gasteiger partial charge in [-0.2, -0.15) is 0 Å². The lowest BCUT2D eigenvalue weighted by Crippen LogP contribution is -2.38. The van der Waals surface area contributed by atoms with E-state index in [1.165, 1.54) is 0 Å². The van der Waals surface area contributed by atoms with Crippen LogP contribution in [0.3, 0.4) is 0 Å². The maximum Gasteiger partial charge on any atom is 0.217 e. The summed E-state index contributed by atoms with van der Waals surface area (Å²) in [5.74, 6) is 0.713. The zero-order valence-corrected chi connectivity index (χ0v) is 9.34. The molecule has 1 heterocycles. The van der Waals surface area contributed by atoms with E-state index < -0.39 is 0 Å². The lowest BCUT2D eigenvalue weighted by molar-refractivity contribution is 0.315. The Kier molecular flexibility index (Phi) is 4.53. The molecular weight excluding hydrogens is 208 g/mol. The van der Waals surface area contributed by atoms with E-state index in [9.17, 15) is 0 Å². The molecule has 0 fully saturated rings. The van der Waals surface area contributed by atoms with Crippen molar-refractivity contribution in [1.29, 1.82) is 0 Å². The first-order valence-corrected chi connectivity index (χ1v) is 4.87. The lowest BCUT2D eigenvalue weighted by Gasteiger charge is -2.13. The highest BCUT2D eigenvalue weighted by Gasteiger charge is 2.08. The van der Waals surface area contributed by atoms with Gasteiger partial charge in [0.2, 0.25) is 5.88 Å². The van der Waals surface area contributed by atoms with Crippen LogP contribution in [0.15, 0.2) is 23.5 Å². The highest BCUT2D eigenvalue weighted by atomic mass is 16.5. The third-order valence-electron chi connectivity index (χ3n) is 2.20. The number of ether oxygens (including phenoxy) is 1. The number of rotatable bonds is 5. The number of nitrogens with zero attached hydrogens (tertiary/aromatic N) is 2. The van der Waals surface area contributed by atoms with Crippen LogP contribution in [-0.2, 0) is 6.54 Å². The first-order valence-electron chi connectivity index (χ1n) is 4.87. The van der Waals surface area contributed by atoms with Crippen LogP contribution in [-0.4, -0.2) is 29.2 Å². The van der Waals surface area contributed by atoms with Gasteiger partial charge in [0.1, 0.15) is 0 Å². The molecule has 6 heteroatoms. The molecule has 1 aromatic heterocycles. The molecule has 0 radical (unpaired) electrons. The second-order valence-electron chi connectivity index (χ2n) is 3.30. The summed E-state index contributed by atoms with van der Waals surface area (Å²) in [6.45, 7) is 2.34.